The Morgan fingerprint density at radius 1 is 1.27 bits per heavy atom. The van der Waals surface area contributed by atoms with Crippen molar-refractivity contribution < 1.29 is 9.84 Å². The van der Waals surface area contributed by atoms with Crippen LogP contribution in [0, 0.1) is 11.8 Å². The van der Waals surface area contributed by atoms with Gasteiger partial charge in [0.2, 0.25) is 0 Å². The maximum absolute atomic E-state index is 10.1. The number of hydrogen-bond donors (Lipinski definition) is 1. The van der Waals surface area contributed by atoms with Crippen LogP contribution in [0.4, 0.5) is 0 Å². The van der Waals surface area contributed by atoms with Gasteiger partial charge < -0.3 is 9.84 Å². The summed E-state index contributed by atoms with van der Waals surface area (Å²) in [6, 6.07) is 0. The summed E-state index contributed by atoms with van der Waals surface area (Å²) in [6.45, 7) is 4.49. The number of aliphatic hydroxyl groups is 1. The molecule has 2 heteroatoms. The Balaban J connectivity index is 1.70. The molecule has 0 aromatic heterocycles. The van der Waals surface area contributed by atoms with Crippen LogP contribution in [0.15, 0.2) is 0 Å². The van der Waals surface area contributed by atoms with Crippen LogP contribution in [0.5, 0.6) is 0 Å². The first-order valence-electron chi connectivity index (χ1n) is 6.50. The standard InChI is InChI=1S/C13H24O2/c1-9(2)4-3-5-12(14)11-8-10-6-7-13(11)15-10/h9-14H,3-8H2,1-2H3. The minimum atomic E-state index is -0.112. The molecule has 0 aromatic carbocycles. The highest BCUT2D eigenvalue weighted by Gasteiger charge is 2.43. The number of aliphatic hydroxyl groups excluding tert-OH is 1. The van der Waals surface area contributed by atoms with Crippen LogP contribution in [0.1, 0.15) is 52.4 Å². The van der Waals surface area contributed by atoms with Crippen molar-refractivity contribution in [3.63, 3.8) is 0 Å². The van der Waals surface area contributed by atoms with Gasteiger partial charge in [0, 0.05) is 5.92 Å². The molecular formula is C13H24O2. The lowest BCUT2D eigenvalue weighted by Crippen LogP contribution is -2.29. The Bertz CT molecular complexity index is 203. The van der Waals surface area contributed by atoms with Crippen LogP contribution in [0.2, 0.25) is 0 Å². The maximum atomic E-state index is 10.1. The van der Waals surface area contributed by atoms with Crippen molar-refractivity contribution in [3.8, 4) is 0 Å². The zero-order valence-corrected chi connectivity index (χ0v) is 9.98. The Morgan fingerprint density at radius 2 is 2.07 bits per heavy atom. The predicted molar refractivity (Wildman–Crippen MR) is 60.7 cm³/mol. The molecule has 0 saturated carbocycles. The van der Waals surface area contributed by atoms with E-state index in [-0.39, 0.29) is 6.10 Å². The molecule has 15 heavy (non-hydrogen) atoms. The average molecular weight is 212 g/mol. The summed E-state index contributed by atoms with van der Waals surface area (Å²) in [6.07, 6.45) is 7.60. The molecule has 0 aromatic rings. The zero-order valence-electron chi connectivity index (χ0n) is 9.98. The lowest BCUT2D eigenvalue weighted by molar-refractivity contribution is 0.0374. The molecule has 2 aliphatic heterocycles. The van der Waals surface area contributed by atoms with Gasteiger partial charge in [-0.1, -0.05) is 26.7 Å². The van der Waals surface area contributed by atoms with Crippen LogP contribution >= 0.6 is 0 Å². The Morgan fingerprint density at radius 3 is 2.60 bits per heavy atom. The fourth-order valence-corrected chi connectivity index (χ4v) is 3.03. The molecule has 88 valence electrons. The van der Waals surface area contributed by atoms with Gasteiger partial charge in [0.1, 0.15) is 0 Å². The summed E-state index contributed by atoms with van der Waals surface area (Å²) in [4.78, 5) is 0. The minimum absolute atomic E-state index is 0.112. The first-order valence-corrected chi connectivity index (χ1v) is 6.50. The van der Waals surface area contributed by atoms with E-state index in [9.17, 15) is 5.11 Å². The monoisotopic (exact) mass is 212 g/mol. The van der Waals surface area contributed by atoms with Crippen molar-refractivity contribution in [3.05, 3.63) is 0 Å². The lowest BCUT2D eigenvalue weighted by atomic mass is 9.83. The van der Waals surface area contributed by atoms with Gasteiger partial charge in [-0.25, -0.2) is 0 Å². The molecule has 2 fully saturated rings. The van der Waals surface area contributed by atoms with E-state index in [2.05, 4.69) is 13.8 Å². The third kappa shape index (κ3) is 2.73. The van der Waals surface area contributed by atoms with Gasteiger partial charge in [-0.3, -0.25) is 0 Å². The number of fused-ring (bicyclic) bond motifs is 2. The van der Waals surface area contributed by atoms with Gasteiger partial charge in [-0.05, 0) is 31.6 Å². The molecule has 2 heterocycles. The van der Waals surface area contributed by atoms with Crippen LogP contribution in [-0.2, 0) is 4.74 Å². The zero-order chi connectivity index (χ0) is 10.8. The van der Waals surface area contributed by atoms with Crippen LogP contribution < -0.4 is 0 Å². The SMILES string of the molecule is CC(C)CCCC(O)C1CC2CCC1O2. The maximum Gasteiger partial charge on any atom is 0.0633 e. The first kappa shape index (κ1) is 11.4. The van der Waals surface area contributed by atoms with Crippen molar-refractivity contribution in [2.45, 2.75) is 70.7 Å². The normalized spacial score (nSPS) is 36.4. The highest BCUT2D eigenvalue weighted by Crippen LogP contribution is 2.41. The molecule has 2 saturated heterocycles. The first-order chi connectivity index (χ1) is 7.16. The molecule has 0 aliphatic carbocycles. The number of hydrogen-bond acceptors (Lipinski definition) is 2. The molecule has 0 amide bonds. The highest BCUT2D eigenvalue weighted by atomic mass is 16.5. The van der Waals surface area contributed by atoms with Gasteiger partial charge in [-0.2, -0.15) is 0 Å². The van der Waals surface area contributed by atoms with Gasteiger partial charge in [0.15, 0.2) is 0 Å². The lowest BCUT2D eigenvalue weighted by Gasteiger charge is -2.24. The third-order valence-electron chi connectivity index (χ3n) is 3.93. The van der Waals surface area contributed by atoms with E-state index in [0.717, 1.165) is 25.2 Å². The topological polar surface area (TPSA) is 29.5 Å². The van der Waals surface area contributed by atoms with E-state index in [4.69, 9.17) is 4.74 Å². The summed E-state index contributed by atoms with van der Waals surface area (Å²) in [7, 11) is 0. The van der Waals surface area contributed by atoms with Crippen LogP contribution in [0.3, 0.4) is 0 Å². The van der Waals surface area contributed by atoms with Gasteiger partial charge in [0.05, 0.1) is 18.3 Å². The second-order valence-electron chi connectivity index (χ2n) is 5.67. The van der Waals surface area contributed by atoms with Gasteiger partial charge >= 0.3 is 0 Å². The van der Waals surface area contributed by atoms with E-state index in [1.165, 1.54) is 19.3 Å². The third-order valence-corrected chi connectivity index (χ3v) is 3.93. The molecule has 0 radical (unpaired) electrons. The Labute approximate surface area is 93.0 Å². The van der Waals surface area contributed by atoms with Crippen molar-refractivity contribution in [1.82, 2.24) is 0 Å². The highest BCUT2D eigenvalue weighted by molar-refractivity contribution is 4.92. The molecule has 4 atom stereocenters. The van der Waals surface area contributed by atoms with Crippen LogP contribution in [-0.4, -0.2) is 23.4 Å². The fourth-order valence-electron chi connectivity index (χ4n) is 3.03. The summed E-state index contributed by atoms with van der Waals surface area (Å²) in [5.74, 6) is 1.20. The van der Waals surface area contributed by atoms with Crippen molar-refractivity contribution >= 4 is 0 Å². The predicted octanol–water partition coefficient (Wildman–Crippen LogP) is 2.74. The minimum Gasteiger partial charge on any atom is -0.393 e. The summed E-state index contributed by atoms with van der Waals surface area (Å²) in [5, 5.41) is 10.1. The average Bonchev–Trinajstić information content (AvgIpc) is 2.77. The van der Waals surface area contributed by atoms with Crippen LogP contribution in [0.25, 0.3) is 0 Å². The van der Waals surface area contributed by atoms with Gasteiger partial charge in [0.25, 0.3) is 0 Å². The van der Waals surface area contributed by atoms with E-state index >= 15 is 0 Å². The fraction of sp³-hybridized carbons (Fsp3) is 1.00. The smallest absolute Gasteiger partial charge is 0.0633 e. The summed E-state index contributed by atoms with van der Waals surface area (Å²) in [5.41, 5.74) is 0. The van der Waals surface area contributed by atoms with Crippen molar-refractivity contribution in [1.29, 1.82) is 0 Å². The Kier molecular flexibility index (Phi) is 3.68. The summed E-state index contributed by atoms with van der Waals surface area (Å²) >= 11 is 0. The van der Waals surface area contributed by atoms with E-state index < -0.39 is 0 Å². The second kappa shape index (κ2) is 4.84. The number of ether oxygens (including phenoxy) is 1. The van der Waals surface area contributed by atoms with E-state index in [1.54, 1.807) is 0 Å². The molecular weight excluding hydrogens is 188 g/mol. The molecule has 4 unspecified atom stereocenters. The van der Waals surface area contributed by atoms with Crippen molar-refractivity contribution in [2.75, 3.05) is 0 Å². The molecule has 2 nitrogen and oxygen atoms in total. The quantitative estimate of drug-likeness (QED) is 0.759. The Hall–Kier alpha value is -0.0800. The summed E-state index contributed by atoms with van der Waals surface area (Å²) < 4.78 is 5.77. The number of rotatable bonds is 5. The molecule has 2 bridgehead atoms. The van der Waals surface area contributed by atoms with Gasteiger partial charge in [-0.15, -0.1) is 0 Å². The molecule has 0 spiro atoms. The van der Waals surface area contributed by atoms with E-state index in [1.807, 2.05) is 0 Å². The molecule has 2 rings (SSSR count). The van der Waals surface area contributed by atoms with E-state index in [0.29, 0.717) is 18.1 Å². The molecule has 2 aliphatic rings. The molecule has 1 N–H and O–H groups in total. The second-order valence-corrected chi connectivity index (χ2v) is 5.67. The van der Waals surface area contributed by atoms with Crippen molar-refractivity contribution in [2.24, 2.45) is 11.8 Å². The largest absolute Gasteiger partial charge is 0.393 e.